The van der Waals surface area contributed by atoms with E-state index in [-0.39, 0.29) is 12.5 Å². The van der Waals surface area contributed by atoms with Crippen LogP contribution in [0.15, 0.2) is 90.3 Å². The maximum Gasteiger partial charge on any atom is 0.262 e. The molecular formula is C29H30N4O2S. The lowest BCUT2D eigenvalue weighted by Crippen LogP contribution is -2.42. The Bertz CT molecular complexity index is 1240. The lowest BCUT2D eigenvalue weighted by Gasteiger charge is -2.34. The van der Waals surface area contributed by atoms with Gasteiger partial charge in [-0.25, -0.2) is 4.98 Å². The molecule has 0 spiro atoms. The molecule has 0 saturated carbocycles. The van der Waals surface area contributed by atoms with Crippen LogP contribution < -0.4 is 20.3 Å². The van der Waals surface area contributed by atoms with Crippen molar-refractivity contribution in [2.45, 2.75) is 25.4 Å². The summed E-state index contributed by atoms with van der Waals surface area (Å²) in [5, 5.41) is 9.81. The molecule has 0 radical (unpaired) electrons. The highest BCUT2D eigenvalue weighted by molar-refractivity contribution is 7.13. The zero-order valence-corrected chi connectivity index (χ0v) is 20.9. The lowest BCUT2D eigenvalue weighted by atomic mass is 10.0. The smallest absolute Gasteiger partial charge is 0.262 e. The number of amides is 1. The Labute approximate surface area is 216 Å². The van der Waals surface area contributed by atoms with Crippen LogP contribution in [0, 0.1) is 0 Å². The summed E-state index contributed by atoms with van der Waals surface area (Å²) in [6.07, 6.45) is 2.18. The van der Waals surface area contributed by atoms with Gasteiger partial charge in [-0.15, -0.1) is 11.3 Å². The van der Waals surface area contributed by atoms with Crippen LogP contribution in [0.3, 0.4) is 0 Å². The molecule has 0 unspecified atom stereocenters. The molecule has 1 fully saturated rings. The maximum absolute atomic E-state index is 12.2. The van der Waals surface area contributed by atoms with Crippen molar-refractivity contribution in [1.29, 1.82) is 0 Å². The number of carbonyl (C=O) groups excluding carboxylic acids is 1. The van der Waals surface area contributed by atoms with Crippen molar-refractivity contribution in [3.63, 3.8) is 0 Å². The van der Waals surface area contributed by atoms with Gasteiger partial charge in [0.25, 0.3) is 5.91 Å². The number of nitrogens with zero attached hydrogens (tertiary/aromatic N) is 2. The minimum absolute atomic E-state index is 0.0131. The quantitative estimate of drug-likeness (QED) is 0.315. The zero-order chi connectivity index (χ0) is 24.6. The first kappa shape index (κ1) is 24.0. The van der Waals surface area contributed by atoms with Crippen LogP contribution in [-0.2, 0) is 11.3 Å². The van der Waals surface area contributed by atoms with Crippen LogP contribution >= 0.6 is 11.3 Å². The minimum Gasteiger partial charge on any atom is -0.484 e. The van der Waals surface area contributed by atoms with E-state index < -0.39 is 0 Å². The van der Waals surface area contributed by atoms with Gasteiger partial charge in [0.05, 0.1) is 5.69 Å². The predicted molar refractivity (Wildman–Crippen MR) is 147 cm³/mol. The predicted octanol–water partition coefficient (Wildman–Crippen LogP) is 5.59. The molecule has 3 aromatic carbocycles. The highest BCUT2D eigenvalue weighted by Gasteiger charge is 2.19. The van der Waals surface area contributed by atoms with Crippen LogP contribution in [0.25, 0.3) is 10.6 Å². The Morgan fingerprint density at radius 1 is 0.944 bits per heavy atom. The van der Waals surface area contributed by atoms with E-state index in [4.69, 9.17) is 9.72 Å². The number of para-hydroxylation sites is 1. The topological polar surface area (TPSA) is 66.5 Å². The van der Waals surface area contributed by atoms with Crippen molar-refractivity contribution in [2.75, 3.05) is 29.9 Å². The Hall–Kier alpha value is -3.68. The Kier molecular flexibility index (Phi) is 7.90. The molecule has 36 heavy (non-hydrogen) atoms. The number of benzene rings is 3. The first-order valence-corrected chi connectivity index (χ1v) is 13.2. The zero-order valence-electron chi connectivity index (χ0n) is 20.1. The van der Waals surface area contributed by atoms with Crippen molar-refractivity contribution in [1.82, 2.24) is 10.3 Å². The molecule has 1 saturated heterocycles. The number of nitrogens with one attached hydrogen (secondary N) is 2. The first-order valence-electron chi connectivity index (χ1n) is 12.3. The van der Waals surface area contributed by atoms with E-state index in [0.717, 1.165) is 48.9 Å². The third-order valence-electron chi connectivity index (χ3n) is 6.27. The van der Waals surface area contributed by atoms with Crippen LogP contribution in [0.1, 0.15) is 18.5 Å². The van der Waals surface area contributed by atoms with E-state index >= 15 is 0 Å². The average Bonchev–Trinajstić information content (AvgIpc) is 3.42. The molecule has 184 valence electrons. The molecule has 4 aromatic rings. The molecule has 1 aliphatic rings. The standard InChI is InChI=1S/C29H30N4O2S/c34-28(20-35-27-9-5-2-6-10-27)31-24-11-13-26(14-12-24)33-17-15-23(16-18-33)30-19-25-21-36-29(32-25)22-7-3-1-4-8-22/h1-14,21,23,30H,15-20H2,(H,31,34). The highest BCUT2D eigenvalue weighted by Crippen LogP contribution is 2.25. The van der Waals surface area contributed by atoms with Crippen LogP contribution in [0.2, 0.25) is 0 Å². The van der Waals surface area contributed by atoms with Crippen molar-refractivity contribution in [3.8, 4) is 16.3 Å². The number of aromatic nitrogens is 1. The second-order valence-electron chi connectivity index (χ2n) is 8.85. The summed E-state index contributed by atoms with van der Waals surface area (Å²) in [4.78, 5) is 19.4. The van der Waals surface area contributed by atoms with Gasteiger partial charge in [0.15, 0.2) is 6.61 Å². The monoisotopic (exact) mass is 498 g/mol. The van der Waals surface area contributed by atoms with Gasteiger partial charge >= 0.3 is 0 Å². The molecule has 2 heterocycles. The summed E-state index contributed by atoms with van der Waals surface area (Å²) in [6, 6.07) is 28.2. The van der Waals surface area contributed by atoms with Gasteiger partial charge < -0.3 is 20.3 Å². The second kappa shape index (κ2) is 11.8. The third kappa shape index (κ3) is 6.50. The van der Waals surface area contributed by atoms with Crippen molar-refractivity contribution in [3.05, 3.63) is 96.0 Å². The summed E-state index contributed by atoms with van der Waals surface area (Å²) in [6.45, 7) is 2.79. The molecule has 2 N–H and O–H groups in total. The van der Waals surface area contributed by atoms with E-state index in [0.29, 0.717) is 11.8 Å². The SMILES string of the molecule is O=C(COc1ccccc1)Nc1ccc(N2CCC(NCc3csc(-c4ccccc4)n3)CC2)cc1. The van der Waals surface area contributed by atoms with Gasteiger partial charge in [0, 0.05) is 48.0 Å². The van der Waals surface area contributed by atoms with Crippen molar-refractivity contribution < 1.29 is 9.53 Å². The van der Waals surface area contributed by atoms with Crippen molar-refractivity contribution >= 4 is 28.6 Å². The Balaban J connectivity index is 1.04. The van der Waals surface area contributed by atoms with Gasteiger partial charge in [0.2, 0.25) is 0 Å². The summed E-state index contributed by atoms with van der Waals surface area (Å²) >= 11 is 1.70. The van der Waals surface area contributed by atoms with E-state index in [2.05, 4.69) is 45.2 Å². The molecular weight excluding hydrogens is 468 g/mol. The van der Waals surface area contributed by atoms with Crippen LogP contribution in [0.4, 0.5) is 11.4 Å². The molecule has 6 nitrogen and oxygen atoms in total. The van der Waals surface area contributed by atoms with E-state index in [1.807, 2.05) is 60.7 Å². The summed E-state index contributed by atoms with van der Waals surface area (Å²) in [5.74, 6) is 0.513. The number of thiazole rings is 1. The number of piperidine rings is 1. The Morgan fingerprint density at radius 3 is 2.36 bits per heavy atom. The normalized spacial score (nSPS) is 13.9. The van der Waals surface area contributed by atoms with E-state index in [9.17, 15) is 4.79 Å². The fraction of sp³-hybridized carbons (Fsp3) is 0.241. The maximum atomic E-state index is 12.2. The summed E-state index contributed by atoms with van der Waals surface area (Å²) in [5.41, 5.74) is 4.23. The largest absolute Gasteiger partial charge is 0.484 e. The minimum atomic E-state index is -0.172. The fourth-order valence-electron chi connectivity index (χ4n) is 4.31. The molecule has 0 atom stereocenters. The van der Waals surface area contributed by atoms with Crippen LogP contribution in [0.5, 0.6) is 5.75 Å². The highest BCUT2D eigenvalue weighted by atomic mass is 32.1. The second-order valence-corrected chi connectivity index (χ2v) is 9.71. The number of carbonyl (C=O) groups is 1. The molecule has 5 rings (SSSR count). The first-order chi connectivity index (χ1) is 17.7. The van der Waals surface area contributed by atoms with Gasteiger partial charge in [0.1, 0.15) is 10.8 Å². The molecule has 7 heteroatoms. The van der Waals surface area contributed by atoms with E-state index in [1.165, 1.54) is 11.3 Å². The molecule has 0 aliphatic carbocycles. The Morgan fingerprint density at radius 2 is 1.64 bits per heavy atom. The number of rotatable bonds is 9. The van der Waals surface area contributed by atoms with E-state index in [1.54, 1.807) is 11.3 Å². The molecule has 0 bridgehead atoms. The van der Waals surface area contributed by atoms with Gasteiger partial charge in [-0.1, -0.05) is 48.5 Å². The average molecular weight is 499 g/mol. The number of anilines is 2. The van der Waals surface area contributed by atoms with Crippen LogP contribution in [-0.4, -0.2) is 36.6 Å². The fourth-order valence-corrected chi connectivity index (χ4v) is 5.14. The molecule has 1 amide bonds. The molecule has 1 aliphatic heterocycles. The number of hydrogen-bond acceptors (Lipinski definition) is 6. The number of ether oxygens (including phenoxy) is 1. The molecule has 1 aromatic heterocycles. The summed E-state index contributed by atoms with van der Waals surface area (Å²) < 4.78 is 5.51. The van der Waals surface area contributed by atoms with Gasteiger partial charge in [-0.3, -0.25) is 4.79 Å². The van der Waals surface area contributed by atoms with Gasteiger partial charge in [-0.2, -0.15) is 0 Å². The third-order valence-corrected chi connectivity index (χ3v) is 7.21. The number of hydrogen-bond donors (Lipinski definition) is 2. The summed E-state index contributed by atoms with van der Waals surface area (Å²) in [7, 11) is 0. The lowest BCUT2D eigenvalue weighted by molar-refractivity contribution is -0.118. The van der Waals surface area contributed by atoms with Gasteiger partial charge in [-0.05, 0) is 49.2 Å². The van der Waals surface area contributed by atoms with Crippen molar-refractivity contribution in [2.24, 2.45) is 0 Å².